The number of benzene rings is 2. The summed E-state index contributed by atoms with van der Waals surface area (Å²) in [5.74, 6) is 0.237. The highest BCUT2D eigenvalue weighted by molar-refractivity contribution is 6.07. The van der Waals surface area contributed by atoms with Crippen LogP contribution in [-0.4, -0.2) is 20.9 Å². The summed E-state index contributed by atoms with van der Waals surface area (Å²) < 4.78 is 0. The first-order valence-electron chi connectivity index (χ1n) is 8.09. The first-order chi connectivity index (χ1) is 12.8. The number of hydrogen-bond donors (Lipinski definition) is 2. The third-order valence-electron chi connectivity index (χ3n) is 3.81. The lowest BCUT2D eigenvalue weighted by molar-refractivity contribution is 0.102. The van der Waals surface area contributed by atoms with Crippen LogP contribution in [0.4, 0.5) is 17.2 Å². The summed E-state index contributed by atoms with van der Waals surface area (Å²) in [6, 6.07) is 19.1. The molecular weight excluding hydrogens is 326 g/mol. The fourth-order valence-corrected chi connectivity index (χ4v) is 2.57. The van der Waals surface area contributed by atoms with E-state index in [0.717, 1.165) is 16.6 Å². The maximum Gasteiger partial charge on any atom is 0.275 e. The number of hydrogen-bond acceptors (Lipinski definition) is 5. The molecule has 0 fully saturated rings. The Bertz CT molecular complexity index is 1040. The molecule has 0 atom stereocenters. The number of aromatic nitrogens is 3. The van der Waals surface area contributed by atoms with Gasteiger partial charge in [0.1, 0.15) is 11.5 Å². The molecule has 0 unspecified atom stereocenters. The smallest absolute Gasteiger partial charge is 0.275 e. The van der Waals surface area contributed by atoms with Gasteiger partial charge in [-0.1, -0.05) is 36.4 Å². The Balaban J connectivity index is 1.51. The van der Waals surface area contributed by atoms with E-state index in [0.29, 0.717) is 11.5 Å². The minimum atomic E-state index is -0.332. The summed E-state index contributed by atoms with van der Waals surface area (Å²) >= 11 is 0. The Morgan fingerprint density at radius 3 is 2.46 bits per heavy atom. The van der Waals surface area contributed by atoms with Gasteiger partial charge in [-0.15, -0.1) is 0 Å². The van der Waals surface area contributed by atoms with Gasteiger partial charge in [0, 0.05) is 17.3 Å². The van der Waals surface area contributed by atoms with Crippen molar-refractivity contribution in [2.45, 2.75) is 0 Å². The summed E-state index contributed by atoms with van der Waals surface area (Å²) in [7, 11) is 0. The molecular formula is C20H15N5O. The fraction of sp³-hybridized carbons (Fsp3) is 0. The van der Waals surface area contributed by atoms with Crippen LogP contribution in [0.2, 0.25) is 0 Å². The van der Waals surface area contributed by atoms with Crippen LogP contribution in [0.5, 0.6) is 0 Å². The second-order valence-corrected chi connectivity index (χ2v) is 5.61. The second-order valence-electron chi connectivity index (χ2n) is 5.61. The van der Waals surface area contributed by atoms with Crippen molar-refractivity contribution in [2.24, 2.45) is 0 Å². The summed E-state index contributed by atoms with van der Waals surface area (Å²) in [6.45, 7) is 0. The van der Waals surface area contributed by atoms with E-state index in [-0.39, 0.29) is 11.6 Å². The number of carbonyl (C=O) groups excluding carboxylic acids is 1. The molecule has 4 rings (SSSR count). The van der Waals surface area contributed by atoms with Crippen LogP contribution in [-0.2, 0) is 0 Å². The average Bonchev–Trinajstić information content (AvgIpc) is 2.70. The maximum atomic E-state index is 12.5. The van der Waals surface area contributed by atoms with E-state index in [1.165, 1.54) is 12.4 Å². The SMILES string of the molecule is O=C(Nc1cccc2cccnc12)c1cnc(Nc2ccccc2)cn1. The van der Waals surface area contributed by atoms with Crippen molar-refractivity contribution >= 4 is 34.0 Å². The van der Waals surface area contributed by atoms with Crippen LogP contribution in [0.15, 0.2) is 79.3 Å². The quantitative estimate of drug-likeness (QED) is 0.586. The van der Waals surface area contributed by atoms with Crippen molar-refractivity contribution in [1.82, 2.24) is 15.0 Å². The summed E-state index contributed by atoms with van der Waals surface area (Å²) in [5.41, 5.74) is 2.51. The molecule has 6 nitrogen and oxygen atoms in total. The lowest BCUT2D eigenvalue weighted by Crippen LogP contribution is -2.14. The normalized spacial score (nSPS) is 10.5. The van der Waals surface area contributed by atoms with Crippen LogP contribution >= 0.6 is 0 Å². The fourth-order valence-electron chi connectivity index (χ4n) is 2.57. The minimum Gasteiger partial charge on any atom is -0.339 e. The van der Waals surface area contributed by atoms with E-state index in [4.69, 9.17) is 0 Å². The number of fused-ring (bicyclic) bond motifs is 1. The highest BCUT2D eigenvalue weighted by atomic mass is 16.1. The zero-order valence-corrected chi connectivity index (χ0v) is 13.8. The van der Waals surface area contributed by atoms with Gasteiger partial charge in [0.05, 0.1) is 23.6 Å². The number of rotatable bonds is 4. The predicted octanol–water partition coefficient (Wildman–Crippen LogP) is 4.02. The van der Waals surface area contributed by atoms with Gasteiger partial charge >= 0.3 is 0 Å². The average molecular weight is 341 g/mol. The van der Waals surface area contributed by atoms with Crippen molar-refractivity contribution in [3.05, 3.63) is 84.9 Å². The van der Waals surface area contributed by atoms with Crippen molar-refractivity contribution in [2.75, 3.05) is 10.6 Å². The molecule has 0 bridgehead atoms. The van der Waals surface area contributed by atoms with Crippen LogP contribution < -0.4 is 10.6 Å². The monoisotopic (exact) mass is 341 g/mol. The Labute approximate surface area is 150 Å². The van der Waals surface area contributed by atoms with Crippen LogP contribution in [0.25, 0.3) is 10.9 Å². The van der Waals surface area contributed by atoms with Crippen LogP contribution in [0.1, 0.15) is 10.5 Å². The first-order valence-corrected chi connectivity index (χ1v) is 8.09. The second kappa shape index (κ2) is 6.98. The van der Waals surface area contributed by atoms with Crippen LogP contribution in [0, 0.1) is 0 Å². The summed E-state index contributed by atoms with van der Waals surface area (Å²) in [6.07, 6.45) is 4.67. The zero-order valence-electron chi connectivity index (χ0n) is 13.8. The van der Waals surface area contributed by atoms with Crippen LogP contribution in [0.3, 0.4) is 0 Å². The number of pyridine rings is 1. The van der Waals surface area contributed by atoms with E-state index in [9.17, 15) is 4.79 Å². The highest BCUT2D eigenvalue weighted by Gasteiger charge is 2.11. The number of nitrogens with zero attached hydrogens (tertiary/aromatic N) is 3. The number of nitrogens with one attached hydrogen (secondary N) is 2. The molecule has 4 aromatic rings. The van der Waals surface area contributed by atoms with E-state index >= 15 is 0 Å². The standard InChI is InChI=1S/C20H15N5O/c26-20(25-16-10-4-6-14-7-5-11-21-19(14)16)17-12-23-18(13-22-17)24-15-8-2-1-3-9-15/h1-13H,(H,23,24)(H,25,26). The molecule has 0 saturated carbocycles. The van der Waals surface area contributed by atoms with E-state index < -0.39 is 0 Å². The Kier molecular flexibility index (Phi) is 4.22. The first kappa shape index (κ1) is 15.7. The minimum absolute atomic E-state index is 0.233. The van der Waals surface area contributed by atoms with Gasteiger partial charge in [0.25, 0.3) is 5.91 Å². The van der Waals surface area contributed by atoms with Gasteiger partial charge < -0.3 is 10.6 Å². The highest BCUT2D eigenvalue weighted by Crippen LogP contribution is 2.21. The largest absolute Gasteiger partial charge is 0.339 e. The summed E-state index contributed by atoms with van der Waals surface area (Å²) in [4.78, 5) is 25.2. The van der Waals surface area contributed by atoms with E-state index in [1.54, 1.807) is 6.20 Å². The van der Waals surface area contributed by atoms with Crippen molar-refractivity contribution < 1.29 is 4.79 Å². The Morgan fingerprint density at radius 1 is 0.808 bits per heavy atom. The molecule has 6 heteroatoms. The van der Waals surface area contributed by atoms with Crippen molar-refractivity contribution in [1.29, 1.82) is 0 Å². The lowest BCUT2D eigenvalue weighted by atomic mass is 10.2. The topological polar surface area (TPSA) is 79.8 Å². The molecule has 0 aliphatic heterocycles. The Morgan fingerprint density at radius 2 is 1.65 bits per heavy atom. The molecule has 0 aliphatic carbocycles. The molecule has 0 saturated heterocycles. The molecule has 126 valence electrons. The van der Waals surface area contributed by atoms with Gasteiger partial charge in [-0.3, -0.25) is 9.78 Å². The number of anilines is 3. The maximum absolute atomic E-state index is 12.5. The van der Waals surface area contributed by atoms with Gasteiger partial charge in [-0.05, 0) is 24.3 Å². The molecule has 1 amide bonds. The third kappa shape index (κ3) is 3.34. The number of para-hydroxylation sites is 2. The molecule has 2 aromatic carbocycles. The molecule has 0 spiro atoms. The molecule has 0 aliphatic rings. The van der Waals surface area contributed by atoms with Gasteiger partial charge in [-0.25, -0.2) is 9.97 Å². The molecule has 2 aromatic heterocycles. The van der Waals surface area contributed by atoms with E-state index in [2.05, 4.69) is 25.6 Å². The zero-order chi connectivity index (χ0) is 17.8. The van der Waals surface area contributed by atoms with Gasteiger partial charge in [-0.2, -0.15) is 0 Å². The lowest BCUT2D eigenvalue weighted by Gasteiger charge is -2.08. The molecule has 26 heavy (non-hydrogen) atoms. The molecule has 2 N–H and O–H groups in total. The molecule has 0 radical (unpaired) electrons. The van der Waals surface area contributed by atoms with Gasteiger partial charge in [0.15, 0.2) is 0 Å². The summed E-state index contributed by atoms with van der Waals surface area (Å²) in [5, 5.41) is 6.93. The van der Waals surface area contributed by atoms with E-state index in [1.807, 2.05) is 60.7 Å². The molecule has 2 heterocycles. The third-order valence-corrected chi connectivity index (χ3v) is 3.81. The van der Waals surface area contributed by atoms with Crippen molar-refractivity contribution in [3.8, 4) is 0 Å². The Hall–Kier alpha value is -3.80. The van der Waals surface area contributed by atoms with Crippen molar-refractivity contribution in [3.63, 3.8) is 0 Å². The number of amides is 1. The predicted molar refractivity (Wildman–Crippen MR) is 101 cm³/mol. The number of carbonyl (C=O) groups is 1. The van der Waals surface area contributed by atoms with Gasteiger partial charge in [0.2, 0.25) is 0 Å².